The summed E-state index contributed by atoms with van der Waals surface area (Å²) in [6.45, 7) is 9.83. The predicted octanol–water partition coefficient (Wildman–Crippen LogP) is 2.35. The number of ether oxygens (including phenoxy) is 1. The second-order valence-corrected chi connectivity index (χ2v) is 4.83. The van der Waals surface area contributed by atoms with E-state index in [1.807, 2.05) is 19.9 Å². The summed E-state index contributed by atoms with van der Waals surface area (Å²) in [5.41, 5.74) is 3.40. The molecule has 2 rings (SSSR count). The third kappa shape index (κ3) is 2.94. The molecule has 0 saturated carbocycles. The van der Waals surface area contributed by atoms with Crippen molar-refractivity contribution in [3.05, 3.63) is 35.7 Å². The highest BCUT2D eigenvalue weighted by Crippen LogP contribution is 2.27. The van der Waals surface area contributed by atoms with Crippen LogP contribution in [0.2, 0.25) is 0 Å². The van der Waals surface area contributed by atoms with Crippen molar-refractivity contribution in [2.45, 2.75) is 26.4 Å². The average Bonchev–Trinajstić information content (AvgIpc) is 2.84. The highest BCUT2D eigenvalue weighted by Gasteiger charge is 2.25. The Morgan fingerprint density at radius 3 is 3.11 bits per heavy atom. The van der Waals surface area contributed by atoms with Crippen LogP contribution in [0.1, 0.15) is 23.4 Å². The van der Waals surface area contributed by atoms with E-state index in [0.29, 0.717) is 12.2 Å². The Bertz CT molecular complexity index is 519. The number of hydrogen-bond acceptors (Lipinski definition) is 4. The molecule has 0 radical (unpaired) electrons. The van der Waals surface area contributed by atoms with Crippen molar-refractivity contribution in [2.24, 2.45) is 0 Å². The van der Waals surface area contributed by atoms with Gasteiger partial charge in [-0.3, -0.25) is 4.98 Å². The van der Waals surface area contributed by atoms with Gasteiger partial charge in [0.1, 0.15) is 6.07 Å². The molecule has 0 bridgehead atoms. The summed E-state index contributed by atoms with van der Waals surface area (Å²) in [6, 6.07) is 4.25. The molecular weight excluding hydrogens is 238 g/mol. The minimum atomic E-state index is 0.221. The maximum atomic E-state index is 9.30. The van der Waals surface area contributed by atoms with Crippen LogP contribution < -0.4 is 4.90 Å². The van der Waals surface area contributed by atoms with Gasteiger partial charge < -0.3 is 9.64 Å². The van der Waals surface area contributed by atoms with E-state index in [0.717, 1.165) is 36.6 Å². The van der Waals surface area contributed by atoms with Crippen LogP contribution in [-0.2, 0) is 4.74 Å². The summed E-state index contributed by atoms with van der Waals surface area (Å²) in [7, 11) is 0. The van der Waals surface area contributed by atoms with Gasteiger partial charge in [0.05, 0.1) is 29.7 Å². The summed E-state index contributed by atoms with van der Waals surface area (Å²) >= 11 is 0. The molecule has 1 aromatic rings. The van der Waals surface area contributed by atoms with Crippen molar-refractivity contribution in [1.82, 2.24) is 4.98 Å². The van der Waals surface area contributed by atoms with Crippen LogP contribution in [0.15, 0.2) is 18.7 Å². The van der Waals surface area contributed by atoms with Gasteiger partial charge in [0.15, 0.2) is 0 Å². The maximum Gasteiger partial charge on any atom is 0.103 e. The van der Waals surface area contributed by atoms with Crippen molar-refractivity contribution in [2.75, 3.05) is 24.6 Å². The zero-order valence-corrected chi connectivity index (χ0v) is 11.5. The smallest absolute Gasteiger partial charge is 0.103 e. The molecule has 1 saturated heterocycles. The Kier molecular flexibility index (Phi) is 4.18. The Labute approximate surface area is 114 Å². The first kappa shape index (κ1) is 13.6. The molecule has 100 valence electrons. The first-order valence-corrected chi connectivity index (χ1v) is 6.51. The largest absolute Gasteiger partial charge is 0.372 e. The zero-order valence-electron chi connectivity index (χ0n) is 11.5. The molecule has 1 fully saturated rings. The van der Waals surface area contributed by atoms with Gasteiger partial charge in [-0.15, -0.1) is 6.58 Å². The lowest BCUT2D eigenvalue weighted by atomic mass is 10.1. The van der Waals surface area contributed by atoms with Gasteiger partial charge in [-0.05, 0) is 26.3 Å². The van der Waals surface area contributed by atoms with Gasteiger partial charge in [0.25, 0.3) is 0 Å². The number of pyridine rings is 1. The minimum Gasteiger partial charge on any atom is -0.372 e. The highest BCUT2D eigenvalue weighted by molar-refractivity contribution is 5.62. The van der Waals surface area contributed by atoms with Crippen LogP contribution >= 0.6 is 0 Å². The zero-order chi connectivity index (χ0) is 13.8. The van der Waals surface area contributed by atoms with Crippen LogP contribution in [0.25, 0.3) is 0 Å². The molecule has 0 amide bonds. The van der Waals surface area contributed by atoms with E-state index in [4.69, 9.17) is 4.74 Å². The van der Waals surface area contributed by atoms with E-state index in [-0.39, 0.29) is 6.10 Å². The van der Waals surface area contributed by atoms with Crippen molar-refractivity contribution in [1.29, 1.82) is 5.26 Å². The van der Waals surface area contributed by atoms with Gasteiger partial charge in [-0.1, -0.05) is 6.08 Å². The van der Waals surface area contributed by atoms with Crippen molar-refractivity contribution >= 4 is 5.69 Å². The molecule has 1 atom stereocenters. The fourth-order valence-electron chi connectivity index (χ4n) is 2.48. The van der Waals surface area contributed by atoms with Gasteiger partial charge in [0.2, 0.25) is 0 Å². The molecule has 0 aliphatic carbocycles. The monoisotopic (exact) mass is 257 g/mol. The summed E-state index contributed by atoms with van der Waals surface area (Å²) < 4.78 is 5.68. The summed E-state index contributed by atoms with van der Waals surface area (Å²) in [6.07, 6.45) is 2.97. The van der Waals surface area contributed by atoms with E-state index in [9.17, 15) is 5.26 Å². The molecule has 19 heavy (non-hydrogen) atoms. The van der Waals surface area contributed by atoms with Crippen LogP contribution in [0, 0.1) is 25.2 Å². The van der Waals surface area contributed by atoms with E-state index in [1.54, 1.807) is 6.08 Å². The van der Waals surface area contributed by atoms with E-state index in [2.05, 4.69) is 22.5 Å². The molecule has 4 heteroatoms. The van der Waals surface area contributed by atoms with E-state index >= 15 is 0 Å². The summed E-state index contributed by atoms with van der Waals surface area (Å²) in [4.78, 5) is 6.57. The first-order valence-electron chi connectivity index (χ1n) is 6.51. The third-order valence-corrected chi connectivity index (χ3v) is 3.35. The van der Waals surface area contributed by atoms with Crippen LogP contribution in [0.3, 0.4) is 0 Å². The van der Waals surface area contributed by atoms with Gasteiger partial charge in [0, 0.05) is 18.8 Å². The normalized spacial score (nSPS) is 18.4. The van der Waals surface area contributed by atoms with Gasteiger partial charge >= 0.3 is 0 Å². The number of anilines is 1. The molecule has 0 spiro atoms. The Morgan fingerprint density at radius 2 is 2.42 bits per heavy atom. The highest BCUT2D eigenvalue weighted by atomic mass is 16.5. The van der Waals surface area contributed by atoms with Crippen LogP contribution in [0.4, 0.5) is 5.69 Å². The molecule has 1 aliphatic rings. The van der Waals surface area contributed by atoms with Crippen LogP contribution in [0.5, 0.6) is 0 Å². The molecule has 0 aromatic carbocycles. The number of nitriles is 1. The number of hydrogen-bond donors (Lipinski definition) is 0. The summed E-state index contributed by atoms with van der Waals surface area (Å²) in [5.74, 6) is 0. The Morgan fingerprint density at radius 1 is 1.63 bits per heavy atom. The lowest BCUT2D eigenvalue weighted by molar-refractivity contribution is 0.0909. The maximum absolute atomic E-state index is 9.30. The van der Waals surface area contributed by atoms with E-state index in [1.165, 1.54) is 0 Å². The first-order chi connectivity index (χ1) is 9.15. The van der Waals surface area contributed by atoms with E-state index < -0.39 is 0 Å². The topological polar surface area (TPSA) is 49.1 Å². The molecule has 4 nitrogen and oxygen atoms in total. The number of nitrogens with zero attached hydrogens (tertiary/aromatic N) is 3. The van der Waals surface area contributed by atoms with Crippen molar-refractivity contribution in [3.8, 4) is 6.07 Å². The number of aryl methyl sites for hydroxylation is 2. The fraction of sp³-hybridized carbons (Fsp3) is 0.467. The standard InChI is InChI=1S/C15H19N3O/c1-4-7-19-13-5-6-18(10-13)15-8-11(2)17-12(3)14(15)9-16/h4,8,13H,1,5-7,10H2,2-3H3. The average molecular weight is 257 g/mol. The third-order valence-electron chi connectivity index (χ3n) is 3.35. The second-order valence-electron chi connectivity index (χ2n) is 4.83. The molecule has 1 unspecified atom stereocenters. The van der Waals surface area contributed by atoms with Crippen LogP contribution in [-0.4, -0.2) is 30.8 Å². The Balaban J connectivity index is 2.19. The SMILES string of the molecule is C=CCOC1CCN(c2cc(C)nc(C)c2C#N)C1. The lowest BCUT2D eigenvalue weighted by Crippen LogP contribution is -2.24. The molecule has 1 aliphatic heterocycles. The van der Waals surface area contributed by atoms with Crippen molar-refractivity contribution in [3.63, 3.8) is 0 Å². The quantitative estimate of drug-likeness (QED) is 0.777. The molecule has 0 N–H and O–H groups in total. The lowest BCUT2D eigenvalue weighted by Gasteiger charge is -2.21. The van der Waals surface area contributed by atoms with Crippen molar-refractivity contribution < 1.29 is 4.74 Å². The Hall–Kier alpha value is -1.86. The van der Waals surface area contributed by atoms with Gasteiger partial charge in [-0.25, -0.2) is 0 Å². The molecule has 1 aromatic heterocycles. The predicted molar refractivity (Wildman–Crippen MR) is 75.2 cm³/mol. The molecular formula is C15H19N3O. The summed E-state index contributed by atoms with van der Waals surface area (Å²) in [5, 5.41) is 9.30. The fourth-order valence-corrected chi connectivity index (χ4v) is 2.48. The minimum absolute atomic E-state index is 0.221. The number of rotatable bonds is 4. The number of aromatic nitrogens is 1. The second kappa shape index (κ2) is 5.85. The van der Waals surface area contributed by atoms with Gasteiger partial charge in [-0.2, -0.15) is 5.26 Å². The molecule has 2 heterocycles.